The summed E-state index contributed by atoms with van der Waals surface area (Å²) in [6, 6.07) is 11.1. The van der Waals surface area contributed by atoms with Gasteiger partial charge in [-0.2, -0.15) is 5.10 Å². The lowest BCUT2D eigenvalue weighted by Gasteiger charge is -2.11. The summed E-state index contributed by atoms with van der Waals surface area (Å²) >= 11 is 12.7. The molecule has 0 aliphatic carbocycles. The third-order valence-corrected chi connectivity index (χ3v) is 5.74. The molecule has 174 valence electrons. The molecular weight excluding hydrogens is 443 g/mol. The van der Waals surface area contributed by atoms with Crippen LogP contribution >= 0.6 is 23.2 Å². The van der Waals surface area contributed by atoms with Crippen LogP contribution in [0.3, 0.4) is 0 Å². The van der Waals surface area contributed by atoms with Crippen molar-refractivity contribution in [3.05, 3.63) is 63.1 Å². The molecule has 2 rings (SSSR count). The first-order valence-electron chi connectivity index (χ1n) is 11.6. The number of aryl methyl sites for hydroxylation is 1. The van der Waals surface area contributed by atoms with Gasteiger partial charge in [0.05, 0.1) is 22.9 Å². The van der Waals surface area contributed by atoms with Gasteiger partial charge < -0.3 is 4.74 Å². The van der Waals surface area contributed by atoms with Gasteiger partial charge in [0.2, 0.25) is 0 Å². The van der Waals surface area contributed by atoms with E-state index in [4.69, 9.17) is 27.9 Å². The molecule has 6 heteroatoms. The van der Waals surface area contributed by atoms with Crippen molar-refractivity contribution in [1.29, 1.82) is 0 Å². The molecule has 0 aliphatic heterocycles. The maximum absolute atomic E-state index is 12.3. The molecule has 0 atom stereocenters. The van der Waals surface area contributed by atoms with Crippen LogP contribution in [0.1, 0.15) is 86.7 Å². The largest absolute Gasteiger partial charge is 0.490 e. The molecular formula is C26H34Cl2N2O2. The quantitative estimate of drug-likeness (QED) is 0.171. The van der Waals surface area contributed by atoms with E-state index in [0.29, 0.717) is 33.5 Å². The van der Waals surface area contributed by atoms with Crippen molar-refractivity contribution in [3.8, 4) is 5.75 Å². The lowest BCUT2D eigenvalue weighted by atomic mass is 10.1. The van der Waals surface area contributed by atoms with E-state index in [9.17, 15) is 4.79 Å². The molecule has 0 fully saturated rings. The number of nitrogens with zero attached hydrogens (tertiary/aromatic N) is 1. The fraction of sp³-hybridized carbons (Fsp3) is 0.462. The Morgan fingerprint density at radius 3 is 2.22 bits per heavy atom. The van der Waals surface area contributed by atoms with Gasteiger partial charge in [0.25, 0.3) is 5.91 Å². The molecule has 4 nitrogen and oxygen atoms in total. The summed E-state index contributed by atoms with van der Waals surface area (Å²) in [7, 11) is 0. The molecule has 0 unspecified atom stereocenters. The average Bonchev–Trinajstić information content (AvgIpc) is 2.79. The van der Waals surface area contributed by atoms with Gasteiger partial charge in [0.1, 0.15) is 0 Å². The van der Waals surface area contributed by atoms with Crippen LogP contribution < -0.4 is 10.2 Å². The fourth-order valence-electron chi connectivity index (χ4n) is 3.28. The van der Waals surface area contributed by atoms with Crippen molar-refractivity contribution in [2.45, 2.75) is 71.6 Å². The number of hydrogen-bond donors (Lipinski definition) is 1. The first-order valence-corrected chi connectivity index (χ1v) is 12.3. The van der Waals surface area contributed by atoms with Gasteiger partial charge in [-0.1, -0.05) is 87.7 Å². The van der Waals surface area contributed by atoms with E-state index in [1.165, 1.54) is 37.5 Å². The number of nitrogens with one attached hydrogen (secondary N) is 1. The second-order valence-electron chi connectivity index (χ2n) is 7.93. The number of amides is 1. The summed E-state index contributed by atoms with van der Waals surface area (Å²) in [5.41, 5.74) is 5.02. The topological polar surface area (TPSA) is 50.7 Å². The number of benzene rings is 2. The number of carbonyl (C=O) groups is 1. The van der Waals surface area contributed by atoms with Crippen molar-refractivity contribution in [1.82, 2.24) is 5.43 Å². The standard InChI is InChI=1S/C26H34Cl2N2O2/c1-3-5-7-8-9-10-16-32-25-23(27)17-21(18-24(25)28)19-29-30-26(31)22-14-12-20(13-15-22)11-6-4-2/h12-15,17-19H,3-11,16H2,1-2H3,(H,30,31)/b29-19+. The second-order valence-corrected chi connectivity index (χ2v) is 8.74. The van der Waals surface area contributed by atoms with Crippen LogP contribution in [0, 0.1) is 0 Å². The van der Waals surface area contributed by atoms with E-state index < -0.39 is 0 Å². The lowest BCUT2D eigenvalue weighted by molar-refractivity contribution is 0.0955. The molecule has 0 spiro atoms. The summed E-state index contributed by atoms with van der Waals surface area (Å²) in [5, 5.41) is 4.89. The first-order chi connectivity index (χ1) is 15.5. The van der Waals surface area contributed by atoms with Gasteiger partial charge in [-0.15, -0.1) is 0 Å². The van der Waals surface area contributed by atoms with Gasteiger partial charge in [-0.25, -0.2) is 5.43 Å². The summed E-state index contributed by atoms with van der Waals surface area (Å²) < 4.78 is 5.79. The highest BCUT2D eigenvalue weighted by molar-refractivity contribution is 6.37. The van der Waals surface area contributed by atoms with Crippen LogP contribution in [0.25, 0.3) is 0 Å². The van der Waals surface area contributed by atoms with Crippen LogP contribution in [0.5, 0.6) is 5.75 Å². The van der Waals surface area contributed by atoms with Crippen molar-refractivity contribution in [2.75, 3.05) is 6.61 Å². The van der Waals surface area contributed by atoms with E-state index in [-0.39, 0.29) is 5.91 Å². The normalized spacial score (nSPS) is 11.1. The molecule has 32 heavy (non-hydrogen) atoms. The fourth-order valence-corrected chi connectivity index (χ4v) is 3.90. The maximum Gasteiger partial charge on any atom is 0.271 e. The number of carbonyl (C=O) groups excluding carboxylic acids is 1. The Hall–Kier alpha value is -2.04. The molecule has 0 radical (unpaired) electrons. The van der Waals surface area contributed by atoms with E-state index in [1.54, 1.807) is 12.1 Å². The molecule has 0 heterocycles. The van der Waals surface area contributed by atoms with Crippen molar-refractivity contribution in [3.63, 3.8) is 0 Å². The summed E-state index contributed by atoms with van der Waals surface area (Å²) in [4.78, 5) is 12.3. The Bertz CT molecular complexity index is 844. The van der Waals surface area contributed by atoms with Gasteiger partial charge in [0.15, 0.2) is 5.75 Å². The average molecular weight is 477 g/mol. The van der Waals surface area contributed by atoms with E-state index in [1.807, 2.05) is 24.3 Å². The number of hydrazone groups is 1. The first kappa shape index (κ1) is 26.2. The number of ether oxygens (including phenoxy) is 1. The zero-order valence-corrected chi connectivity index (χ0v) is 20.6. The Labute approximate surface area is 202 Å². The van der Waals surface area contributed by atoms with Gasteiger partial charge >= 0.3 is 0 Å². The molecule has 1 N–H and O–H groups in total. The highest BCUT2D eigenvalue weighted by atomic mass is 35.5. The Morgan fingerprint density at radius 2 is 1.56 bits per heavy atom. The minimum absolute atomic E-state index is 0.264. The van der Waals surface area contributed by atoms with Crippen molar-refractivity contribution >= 4 is 35.3 Å². The smallest absolute Gasteiger partial charge is 0.271 e. The van der Waals surface area contributed by atoms with Crippen LogP contribution in [0.2, 0.25) is 10.0 Å². The molecule has 2 aromatic carbocycles. The monoisotopic (exact) mass is 476 g/mol. The van der Waals surface area contributed by atoms with E-state index in [0.717, 1.165) is 32.1 Å². The number of unbranched alkanes of at least 4 members (excludes halogenated alkanes) is 6. The molecule has 0 bridgehead atoms. The zero-order chi connectivity index (χ0) is 23.2. The highest BCUT2D eigenvalue weighted by Gasteiger charge is 2.10. The lowest BCUT2D eigenvalue weighted by Crippen LogP contribution is -2.17. The number of hydrogen-bond acceptors (Lipinski definition) is 3. The molecule has 0 aliphatic rings. The maximum atomic E-state index is 12.3. The van der Waals surface area contributed by atoms with Crippen LogP contribution in [-0.2, 0) is 6.42 Å². The van der Waals surface area contributed by atoms with E-state index >= 15 is 0 Å². The van der Waals surface area contributed by atoms with Crippen molar-refractivity contribution < 1.29 is 9.53 Å². The van der Waals surface area contributed by atoms with Crippen LogP contribution in [0.4, 0.5) is 0 Å². The number of rotatable bonds is 14. The van der Waals surface area contributed by atoms with Crippen molar-refractivity contribution in [2.24, 2.45) is 5.10 Å². The van der Waals surface area contributed by atoms with Gasteiger partial charge in [-0.05, 0) is 54.7 Å². The second kappa shape index (κ2) is 14.9. The molecule has 0 saturated heterocycles. The molecule has 1 amide bonds. The summed E-state index contributed by atoms with van der Waals surface area (Å²) in [6.07, 6.45) is 12.0. The Balaban J connectivity index is 1.84. The van der Waals surface area contributed by atoms with E-state index in [2.05, 4.69) is 24.4 Å². The molecule has 0 saturated carbocycles. The predicted molar refractivity (Wildman–Crippen MR) is 135 cm³/mol. The number of halogens is 2. The van der Waals surface area contributed by atoms with Crippen LogP contribution in [0.15, 0.2) is 41.5 Å². The van der Waals surface area contributed by atoms with Gasteiger partial charge in [0, 0.05) is 5.56 Å². The third kappa shape index (κ3) is 9.22. The SMILES string of the molecule is CCCCCCCCOc1c(Cl)cc(/C=N/NC(=O)c2ccc(CCCC)cc2)cc1Cl. The highest BCUT2D eigenvalue weighted by Crippen LogP contribution is 2.34. The summed E-state index contributed by atoms with van der Waals surface area (Å²) in [5.74, 6) is 0.227. The molecule has 2 aromatic rings. The minimum atomic E-state index is -0.264. The van der Waals surface area contributed by atoms with Gasteiger partial charge in [-0.3, -0.25) is 4.79 Å². The predicted octanol–water partition coefficient (Wildman–Crippen LogP) is 7.84. The van der Waals surface area contributed by atoms with Crippen LogP contribution in [-0.4, -0.2) is 18.7 Å². The third-order valence-electron chi connectivity index (χ3n) is 5.18. The molecule has 0 aromatic heterocycles. The Kier molecular flexibility index (Phi) is 12.2. The zero-order valence-electron chi connectivity index (χ0n) is 19.1. The summed E-state index contributed by atoms with van der Waals surface area (Å²) in [6.45, 7) is 4.96. The minimum Gasteiger partial charge on any atom is -0.490 e. The Morgan fingerprint density at radius 1 is 0.938 bits per heavy atom.